The summed E-state index contributed by atoms with van der Waals surface area (Å²) in [5, 5.41) is 41.7. The lowest BCUT2D eigenvalue weighted by Crippen LogP contribution is -2.60. The summed E-state index contributed by atoms with van der Waals surface area (Å²) < 4.78 is 23.9. The summed E-state index contributed by atoms with van der Waals surface area (Å²) in [5.74, 6) is 4.26. The minimum absolute atomic E-state index is 0.0704. The van der Waals surface area contributed by atoms with Crippen molar-refractivity contribution in [3.8, 4) is 0 Å². The Hall–Kier alpha value is -1.23. The first-order chi connectivity index (χ1) is 22.3. The van der Waals surface area contributed by atoms with Gasteiger partial charge in [-0.25, -0.2) is 0 Å². The Kier molecular flexibility index (Phi) is 10.5. The number of aliphatic hydroxyl groups is 4. The van der Waals surface area contributed by atoms with E-state index in [2.05, 4.69) is 27.7 Å². The van der Waals surface area contributed by atoms with E-state index < -0.39 is 43.3 Å². The Balaban J connectivity index is 1.03. The molecule has 0 aromatic rings. The highest BCUT2D eigenvalue weighted by atomic mass is 16.7. The number of rotatable bonds is 10. The number of hydrogen-bond donors (Lipinski definition) is 4. The van der Waals surface area contributed by atoms with E-state index in [-0.39, 0.29) is 35.9 Å². The van der Waals surface area contributed by atoms with Gasteiger partial charge in [0.15, 0.2) is 12.4 Å². The van der Waals surface area contributed by atoms with Crippen molar-refractivity contribution in [2.45, 2.75) is 155 Å². The second-order valence-corrected chi connectivity index (χ2v) is 17.3. The number of fused-ring (bicyclic) bond motifs is 7. The molecule has 4 saturated carbocycles. The molecule has 1 saturated heterocycles. The molecule has 2 heterocycles. The van der Waals surface area contributed by atoms with Crippen LogP contribution in [0.3, 0.4) is 0 Å². The quantitative estimate of drug-likeness (QED) is 0.235. The maximum Gasteiger partial charge on any atom is 0.306 e. The van der Waals surface area contributed by atoms with Crippen LogP contribution in [0.1, 0.15) is 112 Å². The number of carbonyl (C=O) groups is 1. The lowest BCUT2D eigenvalue weighted by molar-refractivity contribution is -0.305. The van der Waals surface area contributed by atoms with Gasteiger partial charge in [-0.15, -0.1) is 0 Å². The molecule has 47 heavy (non-hydrogen) atoms. The monoisotopic (exact) mass is 662 g/mol. The summed E-state index contributed by atoms with van der Waals surface area (Å²) in [6.45, 7) is 13.1. The van der Waals surface area contributed by atoms with Crippen LogP contribution in [-0.4, -0.2) is 82.5 Å². The van der Waals surface area contributed by atoms with Crippen LogP contribution in [0.25, 0.3) is 0 Å². The Bertz CT molecular complexity index is 1160. The zero-order valence-corrected chi connectivity index (χ0v) is 29.6. The summed E-state index contributed by atoms with van der Waals surface area (Å²) in [7, 11) is 0. The Morgan fingerprint density at radius 1 is 0.979 bits per heavy atom. The summed E-state index contributed by atoms with van der Waals surface area (Å²) in [5.41, 5.74) is 2.10. The van der Waals surface area contributed by atoms with Crippen LogP contribution in [0.15, 0.2) is 11.3 Å². The van der Waals surface area contributed by atoms with E-state index in [1.807, 2.05) is 13.8 Å². The molecule has 2 aliphatic heterocycles. The van der Waals surface area contributed by atoms with Crippen molar-refractivity contribution in [3.63, 3.8) is 0 Å². The van der Waals surface area contributed by atoms with E-state index >= 15 is 0 Å². The summed E-state index contributed by atoms with van der Waals surface area (Å²) in [6, 6.07) is 0. The van der Waals surface area contributed by atoms with Crippen molar-refractivity contribution >= 4 is 5.97 Å². The summed E-state index contributed by atoms with van der Waals surface area (Å²) in [6.07, 6.45) is 5.36. The first-order valence-corrected chi connectivity index (χ1v) is 18.7. The van der Waals surface area contributed by atoms with Crippen LogP contribution in [0, 0.1) is 52.3 Å². The van der Waals surface area contributed by atoms with Crippen molar-refractivity contribution in [2.75, 3.05) is 13.2 Å². The molecule has 6 rings (SSSR count). The van der Waals surface area contributed by atoms with Gasteiger partial charge in [-0.2, -0.15) is 0 Å². The molecule has 0 radical (unpaired) electrons. The van der Waals surface area contributed by atoms with Crippen LogP contribution in [0.5, 0.6) is 0 Å². The maximum absolute atomic E-state index is 12.3. The predicted molar refractivity (Wildman–Crippen MR) is 176 cm³/mol. The standard InChI is InChI=1S/C38H62O9/c1-20(2)15-31(41)47-35-33(42)30(18-39)46-36(34(35)43)44-19-21(3)7-10-28-22(4)32-29(45-28)17-27-25-9-8-23-16-24(40)11-13-37(23,5)26(25)12-14-38(27,32)6/h20-21,23-27,29-30,32-36,39-40,42-43H,7-19H2,1-6H3/t21?,23-,24-,25+,26-,27-,29-,30+,32-,33+,34+,35-,36+,37-,38-/m0/s1. The minimum Gasteiger partial charge on any atom is -0.494 e. The molecule has 268 valence electrons. The fourth-order valence-corrected chi connectivity index (χ4v) is 11.4. The van der Waals surface area contributed by atoms with Crippen LogP contribution in [0.2, 0.25) is 0 Å². The van der Waals surface area contributed by atoms with E-state index in [4.69, 9.17) is 18.9 Å². The number of esters is 1. The first-order valence-electron chi connectivity index (χ1n) is 18.7. The third kappa shape index (κ3) is 6.56. The van der Waals surface area contributed by atoms with Gasteiger partial charge in [0.1, 0.15) is 24.4 Å². The van der Waals surface area contributed by atoms with Gasteiger partial charge >= 0.3 is 5.97 Å². The molecular formula is C38H62O9. The summed E-state index contributed by atoms with van der Waals surface area (Å²) >= 11 is 0. The SMILES string of the molecule is CC1=C(CCC(C)CO[C@@H]2O[C@H](CO)[C@@H](O)[C@H](OC(=O)CC(C)C)[C@H]2O)O[C@H]2C[C@H]3[C@@H]4CC[C@H]5C[C@@H](O)CC[C@]5(C)[C@H]4CC[C@]3(C)[C@@H]12. The zero-order valence-electron chi connectivity index (χ0n) is 29.6. The Labute approximate surface area is 281 Å². The fraction of sp³-hybridized carbons (Fsp3) is 0.921. The fourth-order valence-electron chi connectivity index (χ4n) is 11.4. The molecule has 9 heteroatoms. The zero-order chi connectivity index (χ0) is 33.8. The normalized spacial score (nSPS) is 46.7. The second kappa shape index (κ2) is 13.8. The molecule has 0 aromatic heterocycles. The Morgan fingerprint density at radius 2 is 1.72 bits per heavy atom. The van der Waals surface area contributed by atoms with Gasteiger partial charge in [0.2, 0.25) is 0 Å². The average Bonchev–Trinajstić information content (AvgIpc) is 3.50. The number of carbonyl (C=O) groups excluding carboxylic acids is 1. The maximum atomic E-state index is 12.3. The van der Waals surface area contributed by atoms with Crippen molar-refractivity contribution in [2.24, 2.45) is 52.3 Å². The van der Waals surface area contributed by atoms with E-state index in [9.17, 15) is 25.2 Å². The number of aliphatic hydroxyl groups excluding tert-OH is 4. The smallest absolute Gasteiger partial charge is 0.306 e. The van der Waals surface area contributed by atoms with E-state index in [1.54, 1.807) is 0 Å². The highest BCUT2D eigenvalue weighted by Gasteiger charge is 2.64. The molecule has 0 bridgehead atoms. The minimum atomic E-state index is -1.37. The molecule has 5 fully saturated rings. The lowest BCUT2D eigenvalue weighted by atomic mass is 9.44. The third-order valence-electron chi connectivity index (χ3n) is 13.9. The molecule has 0 amide bonds. The predicted octanol–water partition coefficient (Wildman–Crippen LogP) is 5.12. The van der Waals surface area contributed by atoms with Crippen molar-refractivity contribution in [1.29, 1.82) is 0 Å². The molecule has 9 nitrogen and oxygen atoms in total. The van der Waals surface area contributed by atoms with Gasteiger partial charge in [-0.3, -0.25) is 4.79 Å². The molecule has 4 N–H and O–H groups in total. The second-order valence-electron chi connectivity index (χ2n) is 17.3. The number of hydrogen-bond acceptors (Lipinski definition) is 9. The van der Waals surface area contributed by atoms with Gasteiger partial charge in [0.05, 0.1) is 25.1 Å². The van der Waals surface area contributed by atoms with Gasteiger partial charge in [-0.1, -0.05) is 34.6 Å². The van der Waals surface area contributed by atoms with Crippen molar-refractivity contribution < 1.29 is 44.2 Å². The van der Waals surface area contributed by atoms with Crippen LogP contribution in [0.4, 0.5) is 0 Å². The molecule has 15 atom stereocenters. The molecule has 6 aliphatic rings. The van der Waals surface area contributed by atoms with E-state index in [0.29, 0.717) is 29.8 Å². The topological polar surface area (TPSA) is 135 Å². The highest BCUT2D eigenvalue weighted by molar-refractivity contribution is 5.69. The van der Waals surface area contributed by atoms with Crippen molar-refractivity contribution in [3.05, 3.63) is 11.3 Å². The van der Waals surface area contributed by atoms with Gasteiger partial charge < -0.3 is 39.4 Å². The van der Waals surface area contributed by atoms with Gasteiger partial charge in [0.25, 0.3) is 0 Å². The number of allylic oxidation sites excluding steroid dienone is 1. The molecule has 0 spiro atoms. The van der Waals surface area contributed by atoms with Crippen LogP contribution >= 0.6 is 0 Å². The average molecular weight is 663 g/mol. The molecular weight excluding hydrogens is 600 g/mol. The number of ether oxygens (including phenoxy) is 4. The molecule has 1 unspecified atom stereocenters. The summed E-state index contributed by atoms with van der Waals surface area (Å²) in [4.78, 5) is 12.3. The van der Waals surface area contributed by atoms with Gasteiger partial charge in [0, 0.05) is 18.8 Å². The van der Waals surface area contributed by atoms with Gasteiger partial charge in [-0.05, 0) is 117 Å². The van der Waals surface area contributed by atoms with Crippen LogP contribution < -0.4 is 0 Å². The van der Waals surface area contributed by atoms with E-state index in [1.165, 1.54) is 37.7 Å². The highest BCUT2D eigenvalue weighted by Crippen LogP contribution is 2.69. The van der Waals surface area contributed by atoms with Crippen LogP contribution in [-0.2, 0) is 23.7 Å². The Morgan fingerprint density at radius 3 is 2.45 bits per heavy atom. The molecule has 0 aromatic carbocycles. The lowest BCUT2D eigenvalue weighted by Gasteiger charge is -2.60. The van der Waals surface area contributed by atoms with Crippen molar-refractivity contribution in [1.82, 2.24) is 0 Å². The van der Waals surface area contributed by atoms with E-state index in [0.717, 1.165) is 49.7 Å². The molecule has 4 aliphatic carbocycles. The largest absolute Gasteiger partial charge is 0.494 e. The third-order valence-corrected chi connectivity index (χ3v) is 13.9. The first kappa shape index (κ1) is 35.6.